The molecule has 152 valence electrons. The summed E-state index contributed by atoms with van der Waals surface area (Å²) < 4.78 is 44.1. The summed E-state index contributed by atoms with van der Waals surface area (Å²) in [6, 6.07) is 10.9. The van der Waals surface area contributed by atoms with Crippen LogP contribution in [-0.2, 0) is 23.9 Å². The Kier molecular flexibility index (Phi) is 5.08. The molecule has 7 heteroatoms. The van der Waals surface area contributed by atoms with Crippen LogP contribution in [-0.4, -0.2) is 41.4 Å². The van der Waals surface area contributed by atoms with Gasteiger partial charge >= 0.3 is 6.18 Å². The lowest BCUT2D eigenvalue weighted by Crippen LogP contribution is -2.61. The Bertz CT molecular complexity index is 919. The van der Waals surface area contributed by atoms with Crippen molar-refractivity contribution in [3.8, 4) is 11.5 Å². The number of hydrogen-bond acceptors (Lipinski definition) is 3. The van der Waals surface area contributed by atoms with Gasteiger partial charge in [-0.2, -0.15) is 13.2 Å². The highest BCUT2D eigenvalue weighted by molar-refractivity contribution is 5.87. The van der Waals surface area contributed by atoms with Gasteiger partial charge in [0.1, 0.15) is 11.5 Å². The van der Waals surface area contributed by atoms with Crippen molar-refractivity contribution in [3.63, 3.8) is 0 Å². The highest BCUT2D eigenvalue weighted by atomic mass is 19.4. The molecule has 29 heavy (non-hydrogen) atoms. The van der Waals surface area contributed by atoms with Gasteiger partial charge in [0.2, 0.25) is 5.91 Å². The predicted octanol–water partition coefficient (Wildman–Crippen LogP) is 4.25. The van der Waals surface area contributed by atoms with Crippen molar-refractivity contribution in [2.75, 3.05) is 19.6 Å². The van der Waals surface area contributed by atoms with E-state index >= 15 is 0 Å². The van der Waals surface area contributed by atoms with Gasteiger partial charge in [0, 0.05) is 37.8 Å². The minimum Gasteiger partial charge on any atom is -0.457 e. The maximum absolute atomic E-state index is 12.7. The zero-order valence-corrected chi connectivity index (χ0v) is 15.8. The Morgan fingerprint density at radius 2 is 1.86 bits per heavy atom. The van der Waals surface area contributed by atoms with Gasteiger partial charge in [-0.15, -0.1) is 0 Å². The summed E-state index contributed by atoms with van der Waals surface area (Å²) >= 11 is 0. The molecule has 0 aromatic heterocycles. The van der Waals surface area contributed by atoms with Crippen LogP contribution in [0.3, 0.4) is 0 Å². The Morgan fingerprint density at radius 1 is 1.14 bits per heavy atom. The fraction of sp³-hybridized carbons (Fsp3) is 0.318. The summed E-state index contributed by atoms with van der Waals surface area (Å²) in [7, 11) is 0. The summed E-state index contributed by atoms with van der Waals surface area (Å²) in [4.78, 5) is 15.8. The standard InChI is InChI=1S/C22H21F3N2O2/c1-2-21(28)27-13-17(14-27)26-11-10-19-15(12-26)4-3-5-20(19)29-18-8-6-16(7-9-18)22(23,24)25/h2-9,17H,1,10-14H2. The SMILES string of the molecule is C=CC(=O)N1CC(N2CCc3c(cccc3Oc3ccc(C(F)(F)F)cc3)C2)C1. The van der Waals surface area contributed by atoms with E-state index in [2.05, 4.69) is 11.5 Å². The first kappa shape index (κ1) is 19.5. The third kappa shape index (κ3) is 4.00. The van der Waals surface area contributed by atoms with Crippen LogP contribution in [0.4, 0.5) is 13.2 Å². The van der Waals surface area contributed by atoms with Crippen molar-refractivity contribution in [2.45, 2.75) is 25.2 Å². The third-order valence-corrected chi connectivity index (χ3v) is 5.53. The summed E-state index contributed by atoms with van der Waals surface area (Å²) in [5.41, 5.74) is 1.54. The fourth-order valence-electron chi connectivity index (χ4n) is 3.84. The van der Waals surface area contributed by atoms with E-state index in [-0.39, 0.29) is 5.91 Å². The average molecular weight is 402 g/mol. The van der Waals surface area contributed by atoms with Crippen molar-refractivity contribution in [2.24, 2.45) is 0 Å². The van der Waals surface area contributed by atoms with Gasteiger partial charge in [-0.25, -0.2) is 0 Å². The molecule has 0 bridgehead atoms. The topological polar surface area (TPSA) is 32.8 Å². The second-order valence-electron chi connectivity index (χ2n) is 7.34. The number of ether oxygens (including phenoxy) is 1. The van der Waals surface area contributed by atoms with Gasteiger partial charge in [-0.05, 0) is 48.4 Å². The van der Waals surface area contributed by atoms with Crippen LogP contribution in [0.15, 0.2) is 55.1 Å². The number of carbonyl (C=O) groups excluding carboxylic acids is 1. The molecule has 2 aromatic rings. The van der Waals surface area contributed by atoms with Gasteiger partial charge in [0.25, 0.3) is 0 Å². The Labute approximate surface area is 167 Å². The largest absolute Gasteiger partial charge is 0.457 e. The first-order valence-corrected chi connectivity index (χ1v) is 9.46. The minimum atomic E-state index is -4.36. The molecule has 0 aliphatic carbocycles. The van der Waals surface area contributed by atoms with Crippen LogP contribution in [0.2, 0.25) is 0 Å². The molecule has 2 aliphatic heterocycles. The number of alkyl halides is 3. The number of carbonyl (C=O) groups is 1. The molecule has 0 saturated carbocycles. The number of nitrogens with zero attached hydrogens (tertiary/aromatic N) is 2. The molecular weight excluding hydrogens is 381 g/mol. The zero-order valence-electron chi connectivity index (χ0n) is 15.8. The van der Waals surface area contributed by atoms with E-state index in [0.717, 1.165) is 42.8 Å². The summed E-state index contributed by atoms with van der Waals surface area (Å²) in [5, 5.41) is 0. The lowest BCUT2D eigenvalue weighted by atomic mass is 9.95. The Balaban J connectivity index is 1.44. The van der Waals surface area contributed by atoms with E-state index in [0.29, 0.717) is 30.6 Å². The van der Waals surface area contributed by atoms with E-state index in [4.69, 9.17) is 4.74 Å². The first-order valence-electron chi connectivity index (χ1n) is 9.46. The first-order chi connectivity index (χ1) is 13.8. The van der Waals surface area contributed by atoms with Crippen LogP contribution in [0.25, 0.3) is 0 Å². The fourth-order valence-corrected chi connectivity index (χ4v) is 3.84. The van der Waals surface area contributed by atoms with Crippen molar-refractivity contribution in [3.05, 3.63) is 71.8 Å². The molecule has 0 atom stereocenters. The molecule has 0 N–H and O–H groups in total. The van der Waals surface area contributed by atoms with E-state index in [9.17, 15) is 18.0 Å². The lowest BCUT2D eigenvalue weighted by molar-refractivity contribution is -0.137. The molecule has 0 unspecified atom stereocenters. The molecule has 1 saturated heterocycles. The van der Waals surface area contributed by atoms with Gasteiger partial charge in [-0.3, -0.25) is 9.69 Å². The lowest BCUT2D eigenvalue weighted by Gasteiger charge is -2.46. The average Bonchev–Trinajstić information content (AvgIpc) is 2.66. The monoisotopic (exact) mass is 402 g/mol. The maximum atomic E-state index is 12.7. The van der Waals surface area contributed by atoms with E-state index in [1.54, 1.807) is 4.90 Å². The second-order valence-corrected chi connectivity index (χ2v) is 7.34. The van der Waals surface area contributed by atoms with Crippen LogP contribution in [0, 0.1) is 0 Å². The van der Waals surface area contributed by atoms with Crippen molar-refractivity contribution in [1.29, 1.82) is 0 Å². The highest BCUT2D eigenvalue weighted by Crippen LogP contribution is 2.35. The minimum absolute atomic E-state index is 0.0362. The molecular formula is C22H21F3N2O2. The molecule has 2 aliphatic rings. The quantitative estimate of drug-likeness (QED) is 0.717. The number of benzene rings is 2. The summed E-state index contributed by atoms with van der Waals surface area (Å²) in [6.07, 6.45) is -2.23. The van der Waals surface area contributed by atoms with Crippen molar-refractivity contribution >= 4 is 5.91 Å². The molecule has 0 radical (unpaired) electrons. The summed E-state index contributed by atoms with van der Waals surface area (Å²) in [5.74, 6) is 1.02. The van der Waals surface area contributed by atoms with Gasteiger partial charge in [-0.1, -0.05) is 18.7 Å². The molecule has 0 spiro atoms. The van der Waals surface area contributed by atoms with Crippen molar-refractivity contribution in [1.82, 2.24) is 9.80 Å². The Hall–Kier alpha value is -2.80. The van der Waals surface area contributed by atoms with E-state index in [1.807, 2.05) is 18.2 Å². The van der Waals surface area contributed by atoms with Crippen LogP contribution in [0.1, 0.15) is 16.7 Å². The highest BCUT2D eigenvalue weighted by Gasteiger charge is 2.35. The molecule has 2 aromatic carbocycles. The van der Waals surface area contributed by atoms with Gasteiger partial charge in [0.05, 0.1) is 5.56 Å². The number of amides is 1. The number of fused-ring (bicyclic) bond motifs is 1. The molecule has 1 fully saturated rings. The Morgan fingerprint density at radius 3 is 2.52 bits per heavy atom. The smallest absolute Gasteiger partial charge is 0.416 e. The molecule has 4 rings (SSSR count). The number of rotatable bonds is 4. The van der Waals surface area contributed by atoms with E-state index < -0.39 is 11.7 Å². The van der Waals surface area contributed by atoms with E-state index in [1.165, 1.54) is 18.2 Å². The van der Waals surface area contributed by atoms with Crippen LogP contribution < -0.4 is 4.74 Å². The predicted molar refractivity (Wildman–Crippen MR) is 103 cm³/mol. The molecule has 2 heterocycles. The number of hydrogen-bond donors (Lipinski definition) is 0. The number of likely N-dealkylation sites (tertiary alicyclic amines) is 1. The number of halogens is 3. The molecule has 4 nitrogen and oxygen atoms in total. The van der Waals surface area contributed by atoms with Crippen LogP contribution >= 0.6 is 0 Å². The molecule has 1 amide bonds. The van der Waals surface area contributed by atoms with Gasteiger partial charge in [0.15, 0.2) is 0 Å². The third-order valence-electron chi connectivity index (χ3n) is 5.53. The normalized spacial score (nSPS) is 17.4. The maximum Gasteiger partial charge on any atom is 0.416 e. The van der Waals surface area contributed by atoms with Gasteiger partial charge < -0.3 is 9.64 Å². The second kappa shape index (κ2) is 7.55. The summed E-state index contributed by atoms with van der Waals surface area (Å²) in [6.45, 7) is 6.55. The zero-order chi connectivity index (χ0) is 20.6. The van der Waals surface area contributed by atoms with Crippen molar-refractivity contribution < 1.29 is 22.7 Å². The van der Waals surface area contributed by atoms with Crippen LogP contribution in [0.5, 0.6) is 11.5 Å².